The summed E-state index contributed by atoms with van der Waals surface area (Å²) < 4.78 is 24.3. The average Bonchev–Trinajstić information content (AvgIpc) is 2.69. The van der Waals surface area contributed by atoms with Crippen LogP contribution in [0, 0.1) is 0 Å². The smallest absolute Gasteiger partial charge is 0.184 e. The summed E-state index contributed by atoms with van der Waals surface area (Å²) in [5.41, 5.74) is 0.962. The Morgan fingerprint density at radius 1 is 1.33 bits per heavy atom. The number of anilines is 1. The van der Waals surface area contributed by atoms with Gasteiger partial charge in [-0.3, -0.25) is 0 Å². The van der Waals surface area contributed by atoms with Crippen LogP contribution in [0.25, 0.3) is 10.2 Å². The molecule has 0 spiro atoms. The van der Waals surface area contributed by atoms with Crippen LogP contribution in [0.5, 0.6) is 0 Å². The van der Waals surface area contributed by atoms with Crippen molar-refractivity contribution >= 4 is 36.5 Å². The summed E-state index contributed by atoms with van der Waals surface area (Å²) in [5, 5.41) is 4.07. The molecule has 96 valence electrons. The molecular formula is C12H14N2O2S2. The molecule has 0 radical (unpaired) electrons. The van der Waals surface area contributed by atoms with Gasteiger partial charge in [0.25, 0.3) is 0 Å². The minimum atomic E-state index is -2.87. The van der Waals surface area contributed by atoms with Crippen LogP contribution < -0.4 is 5.32 Å². The molecule has 0 saturated carbocycles. The molecule has 6 heteroatoms. The second kappa shape index (κ2) is 4.51. The summed E-state index contributed by atoms with van der Waals surface area (Å²) in [4.78, 5) is 4.47. The third kappa shape index (κ3) is 2.49. The quantitative estimate of drug-likeness (QED) is 0.918. The highest BCUT2D eigenvalue weighted by Crippen LogP contribution is 2.27. The highest BCUT2D eigenvalue weighted by Gasteiger charge is 2.25. The molecule has 18 heavy (non-hydrogen) atoms. The molecule has 0 amide bonds. The Morgan fingerprint density at radius 3 is 2.94 bits per heavy atom. The maximum absolute atomic E-state index is 11.6. The first-order chi connectivity index (χ1) is 8.62. The molecule has 1 N–H and O–H groups in total. The average molecular weight is 282 g/mol. The second-order valence-corrected chi connectivity index (χ2v) is 7.84. The zero-order valence-corrected chi connectivity index (χ0v) is 11.4. The van der Waals surface area contributed by atoms with E-state index in [4.69, 9.17) is 0 Å². The van der Waals surface area contributed by atoms with Crippen LogP contribution in [0.3, 0.4) is 0 Å². The van der Waals surface area contributed by atoms with E-state index in [1.807, 2.05) is 24.3 Å². The number of nitrogens with zero attached hydrogens (tertiary/aromatic N) is 1. The SMILES string of the molecule is O=S1(=O)CCCC(Nc2nc3ccccc3s2)C1. The van der Waals surface area contributed by atoms with Gasteiger partial charge in [-0.2, -0.15) is 0 Å². The molecule has 3 rings (SSSR count). The number of sulfone groups is 1. The molecule has 0 bridgehead atoms. The number of thiazole rings is 1. The Kier molecular flexibility index (Phi) is 2.99. The standard InChI is InChI=1S/C12H14N2O2S2/c15-18(16)7-3-4-9(8-18)13-12-14-10-5-1-2-6-11(10)17-12/h1-2,5-6,9H,3-4,7-8H2,(H,13,14). The maximum atomic E-state index is 11.6. The number of para-hydroxylation sites is 1. The van der Waals surface area contributed by atoms with Crippen molar-refractivity contribution in [3.8, 4) is 0 Å². The molecule has 2 aromatic rings. The van der Waals surface area contributed by atoms with Gasteiger partial charge < -0.3 is 5.32 Å². The van der Waals surface area contributed by atoms with Gasteiger partial charge in [0, 0.05) is 6.04 Å². The molecule has 1 atom stereocenters. The largest absolute Gasteiger partial charge is 0.358 e. The van der Waals surface area contributed by atoms with Gasteiger partial charge >= 0.3 is 0 Å². The van der Waals surface area contributed by atoms with Crippen LogP contribution in [0.2, 0.25) is 0 Å². The predicted molar refractivity (Wildman–Crippen MR) is 74.9 cm³/mol. The Hall–Kier alpha value is -1.14. The molecule has 1 unspecified atom stereocenters. The zero-order valence-electron chi connectivity index (χ0n) is 9.80. The highest BCUT2D eigenvalue weighted by atomic mass is 32.2. The molecular weight excluding hydrogens is 268 g/mol. The first kappa shape index (κ1) is 11.9. The number of nitrogens with one attached hydrogen (secondary N) is 1. The number of benzene rings is 1. The van der Waals surface area contributed by atoms with E-state index >= 15 is 0 Å². The van der Waals surface area contributed by atoms with Gasteiger partial charge in [-0.05, 0) is 25.0 Å². The number of rotatable bonds is 2. The van der Waals surface area contributed by atoms with E-state index < -0.39 is 9.84 Å². The zero-order chi connectivity index (χ0) is 12.6. The first-order valence-electron chi connectivity index (χ1n) is 5.95. The van der Waals surface area contributed by atoms with Crippen LogP contribution in [-0.4, -0.2) is 30.9 Å². The van der Waals surface area contributed by atoms with Crippen molar-refractivity contribution in [2.24, 2.45) is 0 Å². The molecule has 1 fully saturated rings. The molecule has 1 aromatic heterocycles. The topological polar surface area (TPSA) is 59.1 Å². The van der Waals surface area contributed by atoms with Crippen molar-refractivity contribution in [3.63, 3.8) is 0 Å². The van der Waals surface area contributed by atoms with E-state index in [-0.39, 0.29) is 11.8 Å². The van der Waals surface area contributed by atoms with Gasteiger partial charge in [0.15, 0.2) is 15.0 Å². The lowest BCUT2D eigenvalue weighted by atomic mass is 10.2. The first-order valence-corrected chi connectivity index (χ1v) is 8.59. The van der Waals surface area contributed by atoms with Gasteiger partial charge in [-0.1, -0.05) is 23.5 Å². The summed E-state index contributed by atoms with van der Waals surface area (Å²) in [6.45, 7) is 0. The lowest BCUT2D eigenvalue weighted by Gasteiger charge is -2.22. The number of hydrogen-bond donors (Lipinski definition) is 1. The minimum absolute atomic E-state index is 0.00399. The van der Waals surface area contributed by atoms with Gasteiger partial charge in [0.2, 0.25) is 0 Å². The fraction of sp³-hybridized carbons (Fsp3) is 0.417. The van der Waals surface area contributed by atoms with Crippen molar-refractivity contribution in [2.45, 2.75) is 18.9 Å². The van der Waals surface area contributed by atoms with Gasteiger partial charge in [-0.15, -0.1) is 0 Å². The van der Waals surface area contributed by atoms with E-state index in [0.29, 0.717) is 5.75 Å². The summed E-state index contributed by atoms with van der Waals surface area (Å²) in [7, 11) is -2.87. The molecule has 1 aromatic carbocycles. The second-order valence-electron chi connectivity index (χ2n) is 4.58. The summed E-state index contributed by atoms with van der Waals surface area (Å²) in [5.74, 6) is 0.550. The monoisotopic (exact) mass is 282 g/mol. The minimum Gasteiger partial charge on any atom is -0.358 e. The lowest BCUT2D eigenvalue weighted by molar-refractivity contribution is 0.562. The van der Waals surface area contributed by atoms with Crippen LogP contribution in [0.1, 0.15) is 12.8 Å². The van der Waals surface area contributed by atoms with Crippen molar-refractivity contribution < 1.29 is 8.42 Å². The van der Waals surface area contributed by atoms with Gasteiger partial charge in [0.05, 0.1) is 21.7 Å². The fourth-order valence-corrected chi connectivity index (χ4v) is 4.82. The fourth-order valence-electron chi connectivity index (χ4n) is 2.25. The molecule has 2 heterocycles. The molecule has 1 aliphatic rings. The summed E-state index contributed by atoms with van der Waals surface area (Å²) >= 11 is 1.57. The van der Waals surface area contributed by atoms with E-state index in [1.165, 1.54) is 0 Å². The predicted octanol–water partition coefficient (Wildman–Crippen LogP) is 2.29. The van der Waals surface area contributed by atoms with Crippen LogP contribution in [0.15, 0.2) is 24.3 Å². The summed E-state index contributed by atoms with van der Waals surface area (Å²) in [6, 6.07) is 7.93. The summed E-state index contributed by atoms with van der Waals surface area (Å²) in [6.07, 6.45) is 1.64. The van der Waals surface area contributed by atoms with Crippen molar-refractivity contribution in [1.82, 2.24) is 4.98 Å². The van der Waals surface area contributed by atoms with Gasteiger partial charge in [0.1, 0.15) is 0 Å². The molecule has 0 aliphatic carbocycles. The molecule has 1 aliphatic heterocycles. The number of fused-ring (bicyclic) bond motifs is 1. The van der Waals surface area contributed by atoms with Crippen molar-refractivity contribution in [2.75, 3.05) is 16.8 Å². The lowest BCUT2D eigenvalue weighted by Crippen LogP contribution is -2.34. The van der Waals surface area contributed by atoms with Crippen molar-refractivity contribution in [1.29, 1.82) is 0 Å². The van der Waals surface area contributed by atoms with Crippen LogP contribution in [-0.2, 0) is 9.84 Å². The Labute approximate surface area is 110 Å². The number of hydrogen-bond acceptors (Lipinski definition) is 5. The Balaban J connectivity index is 1.80. The van der Waals surface area contributed by atoms with Gasteiger partial charge in [-0.25, -0.2) is 13.4 Å². The maximum Gasteiger partial charge on any atom is 0.184 e. The number of aromatic nitrogens is 1. The van der Waals surface area contributed by atoms with Crippen LogP contribution in [0.4, 0.5) is 5.13 Å². The Morgan fingerprint density at radius 2 is 2.17 bits per heavy atom. The molecule has 4 nitrogen and oxygen atoms in total. The van der Waals surface area contributed by atoms with Crippen LogP contribution >= 0.6 is 11.3 Å². The normalized spacial score (nSPS) is 23.0. The highest BCUT2D eigenvalue weighted by molar-refractivity contribution is 7.91. The Bertz CT molecular complexity index is 631. The van der Waals surface area contributed by atoms with E-state index in [0.717, 1.165) is 28.2 Å². The van der Waals surface area contributed by atoms with E-state index in [9.17, 15) is 8.42 Å². The third-order valence-corrected chi connectivity index (χ3v) is 5.87. The molecule has 1 saturated heterocycles. The van der Waals surface area contributed by atoms with Crippen molar-refractivity contribution in [3.05, 3.63) is 24.3 Å². The van der Waals surface area contributed by atoms with E-state index in [2.05, 4.69) is 10.3 Å². The third-order valence-electron chi connectivity index (χ3n) is 3.08. The van der Waals surface area contributed by atoms with E-state index in [1.54, 1.807) is 11.3 Å².